The van der Waals surface area contributed by atoms with Crippen LogP contribution in [-0.4, -0.2) is 6.61 Å². The maximum atomic E-state index is 5.87. The Hall–Kier alpha value is -1.18. The molecule has 0 fully saturated rings. The number of hydrogen-bond donors (Lipinski definition) is 1. The monoisotopic (exact) mass is 291 g/mol. The molecule has 0 unspecified atom stereocenters. The highest BCUT2D eigenvalue weighted by Crippen LogP contribution is 2.19. The summed E-state index contributed by atoms with van der Waals surface area (Å²) in [4.78, 5) is 0. The Morgan fingerprint density at radius 1 is 0.857 bits per heavy atom. The van der Waals surface area contributed by atoms with E-state index in [2.05, 4.69) is 6.92 Å². The Labute approximate surface area is 131 Å². The van der Waals surface area contributed by atoms with Crippen LogP contribution in [0.15, 0.2) is 18.2 Å². The van der Waals surface area contributed by atoms with Gasteiger partial charge in [0, 0.05) is 11.8 Å². The maximum absolute atomic E-state index is 5.87. The van der Waals surface area contributed by atoms with E-state index in [-0.39, 0.29) is 0 Å². The molecular formula is C19H33NO. The number of hydrogen-bond acceptors (Lipinski definition) is 2. The van der Waals surface area contributed by atoms with Crippen LogP contribution in [0.25, 0.3) is 0 Å². The first-order valence-corrected chi connectivity index (χ1v) is 8.73. The van der Waals surface area contributed by atoms with Crippen LogP contribution < -0.4 is 10.5 Å². The molecule has 1 aromatic carbocycles. The molecule has 0 aliphatic carbocycles. The van der Waals surface area contributed by atoms with Crippen molar-refractivity contribution in [2.45, 2.75) is 78.1 Å². The van der Waals surface area contributed by atoms with Gasteiger partial charge >= 0.3 is 0 Å². The summed E-state index contributed by atoms with van der Waals surface area (Å²) in [6.07, 6.45) is 13.5. The Balaban J connectivity index is 1.91. The van der Waals surface area contributed by atoms with Crippen molar-refractivity contribution in [3.05, 3.63) is 23.8 Å². The summed E-state index contributed by atoms with van der Waals surface area (Å²) < 4.78 is 5.73. The van der Waals surface area contributed by atoms with Crippen molar-refractivity contribution in [3.8, 4) is 5.75 Å². The van der Waals surface area contributed by atoms with Crippen molar-refractivity contribution in [2.24, 2.45) is 0 Å². The number of benzene rings is 1. The van der Waals surface area contributed by atoms with E-state index in [1.54, 1.807) is 0 Å². The zero-order valence-corrected chi connectivity index (χ0v) is 14.0. The lowest BCUT2D eigenvalue weighted by atomic mass is 10.1. The molecule has 0 heterocycles. The van der Waals surface area contributed by atoms with E-state index in [4.69, 9.17) is 10.5 Å². The van der Waals surface area contributed by atoms with Gasteiger partial charge in [-0.15, -0.1) is 0 Å². The van der Waals surface area contributed by atoms with Gasteiger partial charge in [0.2, 0.25) is 0 Å². The van der Waals surface area contributed by atoms with E-state index in [0.717, 1.165) is 30.0 Å². The molecule has 0 saturated heterocycles. The molecule has 2 N–H and O–H groups in total. The second kappa shape index (κ2) is 11.5. The summed E-state index contributed by atoms with van der Waals surface area (Å²) in [6, 6.07) is 5.94. The van der Waals surface area contributed by atoms with Crippen LogP contribution in [0.1, 0.15) is 76.7 Å². The fourth-order valence-corrected chi connectivity index (χ4v) is 2.49. The summed E-state index contributed by atoms with van der Waals surface area (Å²) in [5.41, 5.74) is 7.80. The Morgan fingerprint density at radius 2 is 1.43 bits per heavy atom. The summed E-state index contributed by atoms with van der Waals surface area (Å²) in [6.45, 7) is 5.09. The molecule has 21 heavy (non-hydrogen) atoms. The third kappa shape index (κ3) is 8.64. The highest BCUT2D eigenvalue weighted by Gasteiger charge is 1.98. The molecule has 0 aliphatic heterocycles. The molecule has 120 valence electrons. The van der Waals surface area contributed by atoms with Gasteiger partial charge < -0.3 is 10.5 Å². The van der Waals surface area contributed by atoms with Gasteiger partial charge in [-0.05, 0) is 25.0 Å². The Morgan fingerprint density at radius 3 is 2.00 bits per heavy atom. The van der Waals surface area contributed by atoms with Crippen LogP contribution in [-0.2, 0) is 0 Å². The molecule has 0 atom stereocenters. The van der Waals surface area contributed by atoms with Gasteiger partial charge in [0.1, 0.15) is 5.75 Å². The molecule has 0 bridgehead atoms. The number of unbranched alkanes of at least 4 members (excludes halogenated alkanes) is 9. The minimum Gasteiger partial charge on any atom is -0.494 e. The second-order valence-corrected chi connectivity index (χ2v) is 6.05. The van der Waals surface area contributed by atoms with Gasteiger partial charge in [0.25, 0.3) is 0 Å². The lowest BCUT2D eigenvalue weighted by Crippen LogP contribution is -1.98. The standard InChI is InChI=1S/C19H33NO/c1-3-4-5-6-7-8-9-10-11-12-15-21-18-14-13-17(2)19(20)16-18/h13-14,16H,3-12,15,20H2,1-2H3. The topological polar surface area (TPSA) is 35.2 Å². The quantitative estimate of drug-likeness (QED) is 0.385. The first kappa shape index (κ1) is 17.9. The molecule has 2 heteroatoms. The summed E-state index contributed by atoms with van der Waals surface area (Å²) >= 11 is 0. The van der Waals surface area contributed by atoms with Crippen molar-refractivity contribution < 1.29 is 4.74 Å². The highest BCUT2D eigenvalue weighted by atomic mass is 16.5. The predicted molar refractivity (Wildman–Crippen MR) is 92.9 cm³/mol. The smallest absolute Gasteiger partial charge is 0.121 e. The largest absolute Gasteiger partial charge is 0.494 e. The average Bonchev–Trinajstić information content (AvgIpc) is 2.48. The average molecular weight is 291 g/mol. The van der Waals surface area contributed by atoms with Crippen LogP contribution in [0, 0.1) is 6.92 Å². The van der Waals surface area contributed by atoms with E-state index >= 15 is 0 Å². The molecule has 1 rings (SSSR count). The summed E-state index contributed by atoms with van der Waals surface area (Å²) in [5.74, 6) is 0.897. The van der Waals surface area contributed by atoms with E-state index < -0.39 is 0 Å². The van der Waals surface area contributed by atoms with Crippen LogP contribution in [0.2, 0.25) is 0 Å². The molecule has 0 radical (unpaired) electrons. The van der Waals surface area contributed by atoms with Gasteiger partial charge in [0.15, 0.2) is 0 Å². The third-order valence-electron chi connectivity index (χ3n) is 4.02. The fourth-order valence-electron chi connectivity index (χ4n) is 2.49. The number of aryl methyl sites for hydroxylation is 1. The predicted octanol–water partition coefficient (Wildman–Crippen LogP) is 5.88. The summed E-state index contributed by atoms with van der Waals surface area (Å²) in [7, 11) is 0. The van der Waals surface area contributed by atoms with Gasteiger partial charge in [-0.2, -0.15) is 0 Å². The number of nitrogens with two attached hydrogens (primary N) is 1. The molecule has 0 spiro atoms. The number of anilines is 1. The molecule has 0 aliphatic rings. The lowest BCUT2D eigenvalue weighted by Gasteiger charge is -2.08. The zero-order valence-electron chi connectivity index (χ0n) is 14.0. The lowest BCUT2D eigenvalue weighted by molar-refractivity contribution is 0.304. The van der Waals surface area contributed by atoms with Gasteiger partial charge in [0.05, 0.1) is 6.61 Å². The van der Waals surface area contributed by atoms with Crippen LogP contribution in [0.5, 0.6) is 5.75 Å². The van der Waals surface area contributed by atoms with Crippen molar-refractivity contribution in [3.63, 3.8) is 0 Å². The summed E-state index contributed by atoms with van der Waals surface area (Å²) in [5, 5.41) is 0. The van der Waals surface area contributed by atoms with E-state index in [9.17, 15) is 0 Å². The third-order valence-corrected chi connectivity index (χ3v) is 4.02. The van der Waals surface area contributed by atoms with Crippen LogP contribution >= 0.6 is 0 Å². The maximum Gasteiger partial charge on any atom is 0.121 e. The van der Waals surface area contributed by atoms with Crippen molar-refractivity contribution in [2.75, 3.05) is 12.3 Å². The van der Waals surface area contributed by atoms with Crippen LogP contribution in [0.3, 0.4) is 0 Å². The first-order valence-electron chi connectivity index (χ1n) is 8.73. The molecule has 0 saturated carbocycles. The Kier molecular flexibility index (Phi) is 9.77. The minimum absolute atomic E-state index is 0.805. The fraction of sp³-hybridized carbons (Fsp3) is 0.684. The number of ether oxygens (including phenoxy) is 1. The van der Waals surface area contributed by atoms with E-state index in [0.29, 0.717) is 0 Å². The van der Waals surface area contributed by atoms with Gasteiger partial charge in [-0.3, -0.25) is 0 Å². The molecule has 0 amide bonds. The zero-order chi connectivity index (χ0) is 15.3. The highest BCUT2D eigenvalue weighted by molar-refractivity contribution is 5.50. The van der Waals surface area contributed by atoms with Crippen molar-refractivity contribution in [1.82, 2.24) is 0 Å². The number of rotatable bonds is 12. The number of nitrogen functional groups attached to an aromatic ring is 1. The van der Waals surface area contributed by atoms with Gasteiger partial charge in [-0.1, -0.05) is 70.8 Å². The van der Waals surface area contributed by atoms with Crippen LogP contribution in [0.4, 0.5) is 5.69 Å². The van der Waals surface area contributed by atoms with E-state index in [1.807, 2.05) is 25.1 Å². The van der Waals surface area contributed by atoms with Gasteiger partial charge in [-0.25, -0.2) is 0 Å². The normalized spacial score (nSPS) is 10.8. The Bertz CT molecular complexity index is 376. The SMILES string of the molecule is CCCCCCCCCCCCOc1ccc(C)c(N)c1. The first-order chi connectivity index (χ1) is 10.2. The van der Waals surface area contributed by atoms with E-state index in [1.165, 1.54) is 57.8 Å². The molecular weight excluding hydrogens is 258 g/mol. The minimum atomic E-state index is 0.805. The second-order valence-electron chi connectivity index (χ2n) is 6.05. The molecule has 0 aromatic heterocycles. The molecule has 1 aromatic rings. The van der Waals surface area contributed by atoms with Crippen molar-refractivity contribution in [1.29, 1.82) is 0 Å². The van der Waals surface area contributed by atoms with Crippen molar-refractivity contribution >= 4 is 5.69 Å². The molecule has 2 nitrogen and oxygen atoms in total.